The maximum atomic E-state index is 13.3. The Morgan fingerprint density at radius 3 is 1.60 bits per heavy atom. The lowest BCUT2D eigenvalue weighted by Gasteiger charge is -2.13. The molecule has 0 bridgehead atoms. The van der Waals surface area contributed by atoms with E-state index in [4.69, 9.17) is 11.6 Å². The summed E-state index contributed by atoms with van der Waals surface area (Å²) in [6.45, 7) is 4.88. The van der Waals surface area contributed by atoms with Gasteiger partial charge in [-0.15, -0.1) is 0 Å². The molecule has 0 aliphatic carbocycles. The van der Waals surface area contributed by atoms with Crippen molar-refractivity contribution in [1.82, 2.24) is 24.8 Å². The van der Waals surface area contributed by atoms with Gasteiger partial charge in [-0.2, -0.15) is 31.3 Å². The molecule has 0 radical (unpaired) electrons. The van der Waals surface area contributed by atoms with Crippen LogP contribution in [0.2, 0.25) is 5.15 Å². The minimum atomic E-state index is -4.87. The zero-order chi connectivity index (χ0) is 38.8. The van der Waals surface area contributed by atoms with Gasteiger partial charge in [0.2, 0.25) is 11.9 Å². The Morgan fingerprint density at radius 2 is 1.15 bits per heavy atom. The number of anilines is 5. The van der Waals surface area contributed by atoms with E-state index in [-0.39, 0.29) is 28.4 Å². The number of aryl methyl sites for hydroxylation is 2. The highest BCUT2D eigenvalue weighted by atomic mass is 35.5. The molecule has 280 valence electrons. The van der Waals surface area contributed by atoms with E-state index in [2.05, 4.69) is 46.5 Å². The average molecular weight is 763 g/mol. The normalized spacial score (nSPS) is 11.3. The van der Waals surface area contributed by atoms with Crippen molar-refractivity contribution in [1.29, 1.82) is 0 Å². The fourth-order valence-corrected chi connectivity index (χ4v) is 4.32. The van der Waals surface area contributed by atoms with Crippen LogP contribution >= 0.6 is 11.6 Å². The predicted molar refractivity (Wildman–Crippen MR) is 178 cm³/mol. The summed E-state index contributed by atoms with van der Waals surface area (Å²) >= 11 is 5.69. The van der Waals surface area contributed by atoms with Crippen molar-refractivity contribution in [3.63, 3.8) is 0 Å². The van der Waals surface area contributed by atoms with Crippen molar-refractivity contribution in [3.8, 4) is 0 Å². The van der Waals surface area contributed by atoms with Crippen LogP contribution in [-0.2, 0) is 12.4 Å². The van der Waals surface area contributed by atoms with Crippen molar-refractivity contribution in [3.05, 3.63) is 87.8 Å². The molecule has 0 spiro atoms. The van der Waals surface area contributed by atoms with Gasteiger partial charge in [-0.3, -0.25) is 10.6 Å². The molecule has 5 N–H and O–H groups in total. The number of hydrogen-bond donors (Lipinski definition) is 5. The second-order valence-corrected chi connectivity index (χ2v) is 11.4. The SMILES string of the molecule is Cc1cc(Cl)nc(NC(=O)Nc2ccc(F)c(C(F)(F)F)c2)n1.Cc1cc(NCCCN(C)C)nc(NC(=O)Nc2ccc(F)c(C(F)(F)F)c2)n1. The standard InChI is InChI=1S/C18H22F4N6O.C13H9ClF4N4O/c1-11-9-15(23-7-4-8-28(2)3)26-16(24-11)27-17(29)25-12-5-6-14(19)13(10-12)18(20,21)22;1-6-4-10(14)21-11(19-6)22-12(23)20-7-2-3-9(15)8(5-7)13(16,17)18/h5-6,9-10H,4,7-8H2,1-3H3,(H3,23,24,25,26,27,29);2-5H,1H3,(H2,19,20,21,22,23). The number of nitrogens with one attached hydrogen (secondary N) is 5. The Balaban J connectivity index is 0.000000288. The van der Waals surface area contributed by atoms with Crippen LogP contribution in [0.25, 0.3) is 0 Å². The molecule has 0 fully saturated rings. The topological polar surface area (TPSA) is 149 Å². The number of hydrogen-bond acceptors (Lipinski definition) is 8. The van der Waals surface area contributed by atoms with E-state index >= 15 is 0 Å². The van der Waals surface area contributed by atoms with Crippen LogP contribution in [0.5, 0.6) is 0 Å². The summed E-state index contributed by atoms with van der Waals surface area (Å²) in [7, 11) is 3.93. The largest absolute Gasteiger partial charge is 0.419 e. The van der Waals surface area contributed by atoms with Crippen molar-refractivity contribution in [2.75, 3.05) is 53.8 Å². The lowest BCUT2D eigenvalue weighted by atomic mass is 10.2. The molecule has 21 heteroatoms. The first kappa shape index (κ1) is 41.1. The zero-order valence-corrected chi connectivity index (χ0v) is 28.5. The van der Waals surface area contributed by atoms with Gasteiger partial charge >= 0.3 is 24.4 Å². The molecule has 4 aromatic rings. The van der Waals surface area contributed by atoms with Gasteiger partial charge in [0.25, 0.3) is 0 Å². The fourth-order valence-electron chi connectivity index (χ4n) is 4.08. The van der Waals surface area contributed by atoms with Gasteiger partial charge in [-0.25, -0.2) is 33.3 Å². The summed E-state index contributed by atoms with van der Waals surface area (Å²) in [4.78, 5) is 41.7. The molecule has 0 saturated carbocycles. The van der Waals surface area contributed by atoms with E-state index in [1.807, 2.05) is 19.0 Å². The number of rotatable bonds is 9. The third-order valence-electron chi connectivity index (χ3n) is 6.28. The molecule has 0 unspecified atom stereocenters. The number of carbonyl (C=O) groups excluding carboxylic acids is 2. The second-order valence-electron chi connectivity index (χ2n) is 11.0. The number of urea groups is 2. The van der Waals surface area contributed by atoms with E-state index in [9.17, 15) is 44.7 Å². The molecule has 4 rings (SSSR count). The molecule has 12 nitrogen and oxygen atoms in total. The number of amides is 4. The highest BCUT2D eigenvalue weighted by Gasteiger charge is 2.35. The van der Waals surface area contributed by atoms with Crippen LogP contribution in [0.15, 0.2) is 48.5 Å². The highest BCUT2D eigenvalue weighted by Crippen LogP contribution is 2.34. The van der Waals surface area contributed by atoms with Crippen molar-refractivity contribution in [2.45, 2.75) is 32.6 Å². The quantitative estimate of drug-likeness (QED) is 0.0651. The van der Waals surface area contributed by atoms with Gasteiger partial charge in [0.1, 0.15) is 22.6 Å². The van der Waals surface area contributed by atoms with Gasteiger partial charge in [-0.05, 0) is 83.4 Å². The van der Waals surface area contributed by atoms with Crippen LogP contribution in [0.1, 0.15) is 28.9 Å². The number of aromatic nitrogens is 4. The molecular formula is C31H31ClF8N10O2. The summed E-state index contributed by atoms with van der Waals surface area (Å²) in [5, 5.41) is 12.1. The maximum Gasteiger partial charge on any atom is 0.419 e. The first-order valence-corrected chi connectivity index (χ1v) is 15.2. The summed E-state index contributed by atoms with van der Waals surface area (Å²) in [5.41, 5.74) is -2.33. The van der Waals surface area contributed by atoms with Crippen LogP contribution in [0.4, 0.5) is 73.8 Å². The Labute approximate surface area is 296 Å². The zero-order valence-electron chi connectivity index (χ0n) is 27.7. The molecular weight excluding hydrogens is 732 g/mol. The molecule has 4 amide bonds. The summed E-state index contributed by atoms with van der Waals surface area (Å²) in [5.74, 6) is -2.48. The average Bonchev–Trinajstić information content (AvgIpc) is 2.99. The van der Waals surface area contributed by atoms with Crippen LogP contribution in [0.3, 0.4) is 0 Å². The van der Waals surface area contributed by atoms with Crippen molar-refractivity contribution < 1.29 is 44.7 Å². The first-order valence-electron chi connectivity index (χ1n) is 14.8. The minimum absolute atomic E-state index is 0.0178. The lowest BCUT2D eigenvalue weighted by molar-refractivity contribution is -0.140. The molecule has 2 heterocycles. The third kappa shape index (κ3) is 13.4. The van der Waals surface area contributed by atoms with Gasteiger partial charge in [0.15, 0.2) is 0 Å². The van der Waals surface area contributed by atoms with E-state index in [1.54, 1.807) is 19.9 Å². The number of alkyl halides is 6. The minimum Gasteiger partial charge on any atom is -0.370 e. The molecule has 0 aliphatic heterocycles. The number of benzene rings is 2. The predicted octanol–water partition coefficient (Wildman–Crippen LogP) is 8.19. The Hall–Kier alpha value is -5.37. The van der Waals surface area contributed by atoms with Crippen molar-refractivity contribution >= 4 is 52.8 Å². The number of nitrogens with zero attached hydrogens (tertiary/aromatic N) is 5. The van der Waals surface area contributed by atoms with Gasteiger partial charge in [0.05, 0.1) is 11.1 Å². The van der Waals surface area contributed by atoms with Gasteiger partial charge in [0, 0.05) is 35.4 Å². The second kappa shape index (κ2) is 17.7. The highest BCUT2D eigenvalue weighted by molar-refractivity contribution is 6.29. The Bertz CT molecular complexity index is 1860. The Kier molecular flexibility index (Phi) is 14.0. The monoisotopic (exact) mass is 762 g/mol. The number of carbonyl (C=O) groups is 2. The fraction of sp³-hybridized carbons (Fsp3) is 0.290. The van der Waals surface area contributed by atoms with E-state index in [1.165, 1.54) is 6.07 Å². The van der Waals surface area contributed by atoms with Crippen LogP contribution in [0, 0.1) is 25.5 Å². The smallest absolute Gasteiger partial charge is 0.370 e. The van der Waals surface area contributed by atoms with Crippen molar-refractivity contribution in [2.24, 2.45) is 0 Å². The molecule has 2 aromatic carbocycles. The molecule has 52 heavy (non-hydrogen) atoms. The molecule has 0 saturated heterocycles. The first-order chi connectivity index (χ1) is 24.2. The maximum absolute atomic E-state index is 13.3. The summed E-state index contributed by atoms with van der Waals surface area (Å²) < 4.78 is 103. The molecule has 2 aromatic heterocycles. The van der Waals surface area contributed by atoms with E-state index in [0.717, 1.165) is 25.1 Å². The summed E-state index contributed by atoms with van der Waals surface area (Å²) in [6, 6.07) is 5.68. The van der Waals surface area contributed by atoms with E-state index < -0.39 is 47.2 Å². The van der Waals surface area contributed by atoms with Crippen LogP contribution in [-0.4, -0.2) is 64.1 Å². The Morgan fingerprint density at radius 1 is 0.692 bits per heavy atom. The van der Waals surface area contributed by atoms with E-state index in [0.29, 0.717) is 48.0 Å². The summed E-state index contributed by atoms with van der Waals surface area (Å²) in [6.07, 6.45) is -8.86. The molecule has 0 aliphatic rings. The van der Waals surface area contributed by atoms with Gasteiger partial charge < -0.3 is 20.9 Å². The molecule has 0 atom stereocenters. The third-order valence-corrected chi connectivity index (χ3v) is 6.47. The van der Waals surface area contributed by atoms with Gasteiger partial charge in [-0.1, -0.05) is 11.6 Å². The van der Waals surface area contributed by atoms with Crippen LogP contribution < -0.4 is 26.6 Å². The number of halogens is 9. The lowest BCUT2D eigenvalue weighted by Crippen LogP contribution is -2.22.